The highest BCUT2D eigenvalue weighted by molar-refractivity contribution is 5.82. The summed E-state index contributed by atoms with van der Waals surface area (Å²) >= 11 is 0. The molecule has 2 heteroatoms. The van der Waals surface area contributed by atoms with Gasteiger partial charge in [-0.25, -0.2) is 4.79 Å². The van der Waals surface area contributed by atoms with E-state index in [0.717, 1.165) is 31.3 Å². The van der Waals surface area contributed by atoms with E-state index < -0.39 is 0 Å². The molecule has 0 amide bonds. The summed E-state index contributed by atoms with van der Waals surface area (Å²) in [4.78, 5) is 11.5. The number of ether oxygens (including phenoxy) is 1. The average molecular weight is 252 g/mol. The molecule has 2 nitrogen and oxygen atoms in total. The molecule has 0 N–H and O–H groups in total. The number of hydrogen-bond donors (Lipinski definition) is 0. The molecule has 18 heavy (non-hydrogen) atoms. The molecule has 0 rings (SSSR count). The van der Waals surface area contributed by atoms with Crippen LogP contribution in [0.2, 0.25) is 0 Å². The molecule has 0 aromatic rings. The van der Waals surface area contributed by atoms with Gasteiger partial charge in [0.1, 0.15) is 0 Å². The van der Waals surface area contributed by atoms with Crippen LogP contribution in [-0.2, 0) is 9.53 Å². The maximum absolute atomic E-state index is 11.5. The summed E-state index contributed by atoms with van der Waals surface area (Å²) in [5.41, 5.74) is 2.41. The van der Waals surface area contributed by atoms with Gasteiger partial charge in [-0.15, -0.1) is 0 Å². The van der Waals surface area contributed by atoms with Crippen LogP contribution in [0, 0.1) is 0 Å². The van der Waals surface area contributed by atoms with Gasteiger partial charge >= 0.3 is 5.97 Å². The van der Waals surface area contributed by atoms with Gasteiger partial charge in [-0.1, -0.05) is 43.4 Å². The number of esters is 1. The van der Waals surface area contributed by atoms with E-state index in [1.807, 2.05) is 6.92 Å². The summed E-state index contributed by atoms with van der Waals surface area (Å²) in [7, 11) is 0. The summed E-state index contributed by atoms with van der Waals surface area (Å²) < 4.78 is 5.16. The summed E-state index contributed by atoms with van der Waals surface area (Å²) in [5.74, 6) is -0.193. The lowest BCUT2D eigenvalue weighted by atomic mass is 10.1. The summed E-state index contributed by atoms with van der Waals surface area (Å²) in [6.45, 7) is 8.88. The summed E-state index contributed by atoms with van der Waals surface area (Å²) in [5, 5.41) is 0. The molecular weight excluding hydrogens is 224 g/mol. The highest BCUT2D eigenvalue weighted by Gasteiger charge is 1.99. The fourth-order valence-electron chi connectivity index (χ4n) is 1.61. The highest BCUT2D eigenvalue weighted by atomic mass is 16.5. The van der Waals surface area contributed by atoms with Crippen molar-refractivity contribution in [2.75, 3.05) is 6.61 Å². The Morgan fingerprint density at radius 1 is 1.11 bits per heavy atom. The molecule has 0 radical (unpaired) electrons. The predicted octanol–water partition coefficient (Wildman–Crippen LogP) is 4.80. The molecule has 0 aromatic carbocycles. The molecular formula is C16H28O2. The Morgan fingerprint density at radius 3 is 2.44 bits per heavy atom. The lowest BCUT2D eigenvalue weighted by Gasteiger charge is -2.03. The zero-order valence-electron chi connectivity index (χ0n) is 12.4. The number of unbranched alkanes of at least 4 members (excludes halogenated alkanes) is 3. The molecule has 0 aliphatic rings. The van der Waals surface area contributed by atoms with E-state index in [1.54, 1.807) is 6.08 Å². The van der Waals surface area contributed by atoms with Gasteiger partial charge in [0.25, 0.3) is 0 Å². The van der Waals surface area contributed by atoms with Gasteiger partial charge in [0.15, 0.2) is 0 Å². The first-order valence-corrected chi connectivity index (χ1v) is 7.03. The van der Waals surface area contributed by atoms with Gasteiger partial charge in [0, 0.05) is 6.08 Å². The van der Waals surface area contributed by atoms with Crippen LogP contribution in [0.5, 0.6) is 0 Å². The molecule has 0 spiro atoms. The van der Waals surface area contributed by atoms with E-state index in [2.05, 4.69) is 26.8 Å². The van der Waals surface area contributed by atoms with Crippen LogP contribution in [0.3, 0.4) is 0 Å². The molecule has 104 valence electrons. The summed E-state index contributed by atoms with van der Waals surface area (Å²) in [6.07, 6.45) is 10.3. The van der Waals surface area contributed by atoms with Crippen LogP contribution in [0.4, 0.5) is 0 Å². The molecule has 0 fully saturated rings. The van der Waals surface area contributed by atoms with Crippen molar-refractivity contribution < 1.29 is 9.53 Å². The minimum atomic E-state index is -0.193. The van der Waals surface area contributed by atoms with Crippen molar-refractivity contribution in [1.82, 2.24) is 0 Å². The average Bonchev–Trinajstić information content (AvgIpc) is 2.28. The van der Waals surface area contributed by atoms with Crippen LogP contribution in [0.15, 0.2) is 23.3 Å². The fourth-order valence-corrected chi connectivity index (χ4v) is 1.61. The van der Waals surface area contributed by atoms with Crippen LogP contribution >= 0.6 is 0 Å². The van der Waals surface area contributed by atoms with Crippen LogP contribution in [0.1, 0.15) is 66.2 Å². The normalized spacial score (nSPS) is 11.2. The molecule has 0 saturated carbocycles. The second-order valence-corrected chi connectivity index (χ2v) is 5.04. The number of carbonyl (C=O) groups is 1. The van der Waals surface area contributed by atoms with E-state index in [4.69, 9.17) is 4.74 Å². The maximum Gasteiger partial charge on any atom is 0.330 e. The molecule has 0 bridgehead atoms. The Labute approximate surface area is 112 Å². The Kier molecular flexibility index (Phi) is 10.4. The van der Waals surface area contributed by atoms with Crippen LogP contribution in [-0.4, -0.2) is 12.6 Å². The number of carbonyl (C=O) groups excluding carboxylic acids is 1. The first-order chi connectivity index (χ1) is 8.56. The monoisotopic (exact) mass is 252 g/mol. The van der Waals surface area contributed by atoms with E-state index in [-0.39, 0.29) is 5.97 Å². The Hall–Kier alpha value is -1.05. The third-order valence-electron chi connectivity index (χ3n) is 2.70. The van der Waals surface area contributed by atoms with Gasteiger partial charge in [0.05, 0.1) is 6.61 Å². The van der Waals surface area contributed by atoms with E-state index >= 15 is 0 Å². The Morgan fingerprint density at radius 2 is 1.83 bits per heavy atom. The molecule has 0 unspecified atom stereocenters. The van der Waals surface area contributed by atoms with Crippen molar-refractivity contribution in [3.05, 3.63) is 23.3 Å². The number of hydrogen-bond acceptors (Lipinski definition) is 2. The molecule has 0 aliphatic carbocycles. The number of rotatable bonds is 9. The van der Waals surface area contributed by atoms with Crippen LogP contribution in [0.25, 0.3) is 0 Å². The largest absolute Gasteiger partial charge is 0.463 e. The van der Waals surface area contributed by atoms with Crippen molar-refractivity contribution in [2.45, 2.75) is 66.2 Å². The van der Waals surface area contributed by atoms with Crippen molar-refractivity contribution in [3.8, 4) is 0 Å². The molecule has 0 aliphatic heterocycles. The van der Waals surface area contributed by atoms with Gasteiger partial charge < -0.3 is 4.74 Å². The fraction of sp³-hybridized carbons (Fsp3) is 0.688. The number of allylic oxidation sites excluding steroid dienone is 3. The third kappa shape index (κ3) is 11.4. The van der Waals surface area contributed by atoms with Gasteiger partial charge in [-0.2, -0.15) is 0 Å². The van der Waals surface area contributed by atoms with Crippen LogP contribution < -0.4 is 0 Å². The van der Waals surface area contributed by atoms with E-state index in [1.165, 1.54) is 18.4 Å². The van der Waals surface area contributed by atoms with E-state index in [9.17, 15) is 4.79 Å². The highest BCUT2D eigenvalue weighted by Crippen LogP contribution is 2.07. The molecule has 0 saturated heterocycles. The van der Waals surface area contributed by atoms with Crippen molar-refractivity contribution in [1.29, 1.82) is 0 Å². The second kappa shape index (κ2) is 11.1. The SMILES string of the molecule is CCCCCCOC(=O)/C=C(\C)CCC=C(C)C. The first-order valence-electron chi connectivity index (χ1n) is 7.03. The Balaban J connectivity index is 3.73. The van der Waals surface area contributed by atoms with E-state index in [0.29, 0.717) is 6.61 Å². The zero-order valence-corrected chi connectivity index (χ0v) is 12.4. The van der Waals surface area contributed by atoms with Gasteiger partial charge in [-0.3, -0.25) is 0 Å². The standard InChI is InChI=1S/C16H28O2/c1-5-6-7-8-12-18-16(17)13-15(4)11-9-10-14(2)3/h10,13H,5-9,11-12H2,1-4H3/b15-13+. The van der Waals surface area contributed by atoms with Gasteiger partial charge in [-0.05, 0) is 40.0 Å². The third-order valence-corrected chi connectivity index (χ3v) is 2.70. The lowest BCUT2D eigenvalue weighted by Crippen LogP contribution is -2.03. The minimum absolute atomic E-state index is 0.193. The first kappa shape index (κ1) is 16.9. The smallest absolute Gasteiger partial charge is 0.330 e. The molecule has 0 aromatic heterocycles. The second-order valence-electron chi connectivity index (χ2n) is 5.04. The van der Waals surface area contributed by atoms with Crippen molar-refractivity contribution in [3.63, 3.8) is 0 Å². The zero-order chi connectivity index (χ0) is 13.8. The quantitative estimate of drug-likeness (QED) is 0.255. The predicted molar refractivity (Wildman–Crippen MR) is 77.5 cm³/mol. The Bertz CT molecular complexity index is 283. The topological polar surface area (TPSA) is 26.3 Å². The lowest BCUT2D eigenvalue weighted by molar-refractivity contribution is -0.137. The summed E-state index contributed by atoms with van der Waals surface area (Å²) in [6, 6.07) is 0. The molecule has 0 heterocycles. The molecule has 0 atom stereocenters. The van der Waals surface area contributed by atoms with Crippen molar-refractivity contribution >= 4 is 5.97 Å². The van der Waals surface area contributed by atoms with Crippen molar-refractivity contribution in [2.24, 2.45) is 0 Å². The minimum Gasteiger partial charge on any atom is -0.463 e. The van der Waals surface area contributed by atoms with Gasteiger partial charge in [0.2, 0.25) is 0 Å². The maximum atomic E-state index is 11.5.